The Kier molecular flexibility index (Phi) is 7.32. The Morgan fingerprint density at radius 1 is 0.784 bits per heavy atom. The summed E-state index contributed by atoms with van der Waals surface area (Å²) in [7, 11) is 0. The summed E-state index contributed by atoms with van der Waals surface area (Å²) in [6.45, 7) is 0.475. The highest BCUT2D eigenvalue weighted by Gasteiger charge is 2.15. The van der Waals surface area contributed by atoms with Crippen LogP contribution in [0.25, 0.3) is 21.9 Å². The number of nitrogens with zero attached hydrogens (tertiary/aromatic N) is 1. The monoisotopic (exact) mass is 486 g/mol. The Morgan fingerprint density at radius 2 is 1.49 bits per heavy atom. The van der Waals surface area contributed by atoms with Gasteiger partial charge in [-0.15, -0.1) is 0 Å². The molecule has 0 bridgehead atoms. The fourth-order valence-corrected chi connectivity index (χ4v) is 4.17. The lowest BCUT2D eigenvalue weighted by molar-refractivity contribution is -0.109. The summed E-state index contributed by atoms with van der Waals surface area (Å²) < 4.78 is 5.89. The average molecular weight is 487 g/mol. The van der Waals surface area contributed by atoms with Crippen LogP contribution in [0.4, 0.5) is 0 Å². The molecule has 0 fully saturated rings. The zero-order chi connectivity index (χ0) is 25.5. The highest BCUT2D eigenvalue weighted by molar-refractivity contribution is 5.97. The third kappa shape index (κ3) is 6.08. The number of nitrogens with one attached hydrogen (secondary N) is 1. The molecule has 0 aliphatic heterocycles. The maximum atomic E-state index is 12.9. The van der Waals surface area contributed by atoms with E-state index in [1.165, 1.54) is 0 Å². The largest absolute Gasteiger partial charge is 0.489 e. The van der Waals surface area contributed by atoms with Gasteiger partial charge in [-0.05, 0) is 52.3 Å². The summed E-state index contributed by atoms with van der Waals surface area (Å²) in [6, 6.07) is 34.8. The van der Waals surface area contributed by atoms with E-state index in [0.29, 0.717) is 13.0 Å². The molecule has 1 N–H and O–H groups in total. The SMILES string of the molecule is O=C[C@H](Cc1ccc(-c2ccccc2)cc1)NC(=O)c1cc2ccc(OCc3ccccc3)cc2cn1. The molecular formula is C32H26N2O3. The van der Waals surface area contributed by atoms with Crippen LogP contribution < -0.4 is 10.1 Å². The van der Waals surface area contributed by atoms with Gasteiger partial charge in [0.15, 0.2) is 0 Å². The third-order valence-corrected chi connectivity index (χ3v) is 6.17. The number of pyridine rings is 1. The fraction of sp³-hybridized carbons (Fsp3) is 0.0938. The van der Waals surface area contributed by atoms with Crippen molar-refractivity contribution in [1.29, 1.82) is 0 Å². The van der Waals surface area contributed by atoms with Crippen molar-refractivity contribution in [2.75, 3.05) is 0 Å². The van der Waals surface area contributed by atoms with Crippen molar-refractivity contribution in [2.24, 2.45) is 0 Å². The quantitative estimate of drug-likeness (QED) is 0.259. The summed E-state index contributed by atoms with van der Waals surface area (Å²) in [6.07, 6.45) is 2.82. The predicted octanol–water partition coefficient (Wildman–Crippen LogP) is 6.02. The van der Waals surface area contributed by atoms with Gasteiger partial charge in [-0.25, -0.2) is 0 Å². The van der Waals surface area contributed by atoms with Crippen molar-refractivity contribution in [3.8, 4) is 16.9 Å². The number of amides is 1. The van der Waals surface area contributed by atoms with Gasteiger partial charge in [0.1, 0.15) is 24.3 Å². The maximum Gasteiger partial charge on any atom is 0.270 e. The van der Waals surface area contributed by atoms with E-state index in [9.17, 15) is 9.59 Å². The minimum atomic E-state index is -0.652. The first-order valence-electron chi connectivity index (χ1n) is 12.1. The summed E-state index contributed by atoms with van der Waals surface area (Å²) in [5.74, 6) is 0.346. The fourth-order valence-electron chi connectivity index (χ4n) is 4.17. The number of ether oxygens (including phenoxy) is 1. The molecule has 4 aromatic carbocycles. The summed E-state index contributed by atoms with van der Waals surface area (Å²) in [5, 5.41) is 4.53. The number of rotatable bonds is 9. The van der Waals surface area contributed by atoms with E-state index in [4.69, 9.17) is 4.74 Å². The minimum absolute atomic E-state index is 0.261. The molecular weight excluding hydrogens is 460 g/mol. The highest BCUT2D eigenvalue weighted by Crippen LogP contribution is 2.22. The van der Waals surface area contributed by atoms with Gasteiger partial charge in [0.25, 0.3) is 5.91 Å². The molecule has 1 heterocycles. The lowest BCUT2D eigenvalue weighted by Gasteiger charge is -2.13. The van der Waals surface area contributed by atoms with Crippen molar-refractivity contribution >= 4 is 23.0 Å². The Morgan fingerprint density at radius 3 is 2.22 bits per heavy atom. The van der Waals surface area contributed by atoms with Crippen LogP contribution in [-0.4, -0.2) is 23.2 Å². The van der Waals surface area contributed by atoms with Gasteiger partial charge in [0, 0.05) is 11.6 Å². The van der Waals surface area contributed by atoms with E-state index in [0.717, 1.165) is 45.1 Å². The van der Waals surface area contributed by atoms with Gasteiger partial charge in [0.05, 0.1) is 6.04 Å². The Hall–Kier alpha value is -4.77. The van der Waals surface area contributed by atoms with Crippen LogP contribution in [0, 0.1) is 0 Å². The van der Waals surface area contributed by atoms with Crippen molar-refractivity contribution in [3.05, 3.63) is 132 Å². The van der Waals surface area contributed by atoms with Crippen LogP contribution in [0.5, 0.6) is 5.75 Å². The first-order valence-corrected chi connectivity index (χ1v) is 12.1. The second-order valence-electron chi connectivity index (χ2n) is 8.84. The molecule has 0 radical (unpaired) electrons. The van der Waals surface area contributed by atoms with Gasteiger partial charge >= 0.3 is 0 Å². The standard InChI is InChI=1S/C32H26N2O3/c35-21-29(17-23-11-13-26(14-12-23)25-9-5-2-6-10-25)34-32(36)31-19-27-15-16-30(18-28(27)20-33-31)37-22-24-7-3-1-4-8-24/h1-16,18-21,29H,17,22H2,(H,34,36)/t29-/m0/s1. The number of fused-ring (bicyclic) bond motifs is 1. The summed E-state index contributed by atoms with van der Waals surface area (Å²) in [5.41, 5.74) is 4.55. The van der Waals surface area contributed by atoms with Gasteiger partial charge in [-0.1, -0.05) is 91.0 Å². The number of hydrogen-bond donors (Lipinski definition) is 1. The number of aromatic nitrogens is 1. The van der Waals surface area contributed by atoms with Crippen molar-refractivity contribution in [3.63, 3.8) is 0 Å². The molecule has 5 nitrogen and oxygen atoms in total. The lowest BCUT2D eigenvalue weighted by atomic mass is 10.0. The topological polar surface area (TPSA) is 68.3 Å². The Labute approximate surface area is 215 Å². The van der Waals surface area contributed by atoms with Crippen molar-refractivity contribution in [2.45, 2.75) is 19.1 Å². The third-order valence-electron chi connectivity index (χ3n) is 6.17. The molecule has 37 heavy (non-hydrogen) atoms. The predicted molar refractivity (Wildman–Crippen MR) is 145 cm³/mol. The van der Waals surface area contributed by atoms with Crippen LogP contribution in [0.15, 0.2) is 115 Å². The number of benzene rings is 4. The maximum absolute atomic E-state index is 12.9. The minimum Gasteiger partial charge on any atom is -0.489 e. The molecule has 5 aromatic rings. The van der Waals surface area contributed by atoms with E-state index >= 15 is 0 Å². The zero-order valence-electron chi connectivity index (χ0n) is 20.2. The molecule has 0 spiro atoms. The second-order valence-corrected chi connectivity index (χ2v) is 8.84. The molecule has 0 aliphatic rings. The molecule has 0 unspecified atom stereocenters. The second kappa shape index (κ2) is 11.3. The van der Waals surface area contributed by atoms with Gasteiger partial charge in [-0.2, -0.15) is 0 Å². The van der Waals surface area contributed by atoms with Crippen LogP contribution in [0.3, 0.4) is 0 Å². The molecule has 1 atom stereocenters. The molecule has 1 amide bonds. The van der Waals surface area contributed by atoms with Crippen LogP contribution in [-0.2, 0) is 17.8 Å². The number of aldehydes is 1. The van der Waals surface area contributed by atoms with Gasteiger partial charge in [0.2, 0.25) is 0 Å². The molecule has 182 valence electrons. The average Bonchev–Trinajstić information content (AvgIpc) is 2.96. The number of hydrogen-bond acceptors (Lipinski definition) is 4. The van der Waals surface area contributed by atoms with Crippen LogP contribution in [0.1, 0.15) is 21.6 Å². The Bertz CT molecular complexity index is 1500. The molecule has 5 heteroatoms. The van der Waals surface area contributed by atoms with E-state index in [2.05, 4.69) is 22.4 Å². The van der Waals surface area contributed by atoms with Crippen LogP contribution >= 0.6 is 0 Å². The first kappa shape index (κ1) is 23.9. The molecule has 0 saturated heterocycles. The summed E-state index contributed by atoms with van der Waals surface area (Å²) in [4.78, 5) is 28.9. The zero-order valence-corrected chi connectivity index (χ0v) is 20.2. The van der Waals surface area contributed by atoms with Gasteiger partial charge in [-0.3, -0.25) is 9.78 Å². The summed E-state index contributed by atoms with van der Waals surface area (Å²) >= 11 is 0. The van der Waals surface area contributed by atoms with Gasteiger partial charge < -0.3 is 14.8 Å². The van der Waals surface area contributed by atoms with Crippen molar-refractivity contribution < 1.29 is 14.3 Å². The van der Waals surface area contributed by atoms with Crippen LogP contribution in [0.2, 0.25) is 0 Å². The molecule has 0 saturated carbocycles. The normalized spacial score (nSPS) is 11.6. The smallest absolute Gasteiger partial charge is 0.270 e. The van der Waals surface area contributed by atoms with E-state index in [1.54, 1.807) is 12.3 Å². The van der Waals surface area contributed by atoms with E-state index in [1.807, 2.05) is 91.0 Å². The lowest BCUT2D eigenvalue weighted by Crippen LogP contribution is -2.38. The number of carbonyl (C=O) groups is 2. The molecule has 1 aromatic heterocycles. The number of carbonyl (C=O) groups excluding carboxylic acids is 2. The highest BCUT2D eigenvalue weighted by atomic mass is 16.5. The molecule has 0 aliphatic carbocycles. The van der Waals surface area contributed by atoms with E-state index < -0.39 is 6.04 Å². The Balaban J connectivity index is 1.22. The first-order chi connectivity index (χ1) is 18.2. The molecule has 5 rings (SSSR count). The van der Waals surface area contributed by atoms with Crippen molar-refractivity contribution in [1.82, 2.24) is 10.3 Å². The van der Waals surface area contributed by atoms with E-state index in [-0.39, 0.29) is 11.6 Å².